The quantitative estimate of drug-likeness (QED) is 0.882. The van der Waals surface area contributed by atoms with Crippen LogP contribution in [-0.2, 0) is 6.54 Å². The van der Waals surface area contributed by atoms with Gasteiger partial charge in [-0.15, -0.1) is 0 Å². The molecule has 1 N–H and O–H groups in total. The Morgan fingerprint density at radius 2 is 1.86 bits per heavy atom. The summed E-state index contributed by atoms with van der Waals surface area (Å²) >= 11 is 0. The standard InChI is InChI=1S/C17H24N4/c1-5-21(16-8-6-14(4)7-9-16)17-12-18-10-15(20-17)11-19-13(2)3/h6-10,12-13,19H,5,11H2,1-4H3. The fraction of sp³-hybridized carbons (Fsp3) is 0.412. The molecular formula is C17H24N4. The first kappa shape index (κ1) is 15.4. The van der Waals surface area contributed by atoms with Gasteiger partial charge in [0.15, 0.2) is 5.82 Å². The Hall–Kier alpha value is -1.94. The molecule has 21 heavy (non-hydrogen) atoms. The summed E-state index contributed by atoms with van der Waals surface area (Å²) in [5.41, 5.74) is 3.37. The first-order chi connectivity index (χ1) is 10.1. The number of aromatic nitrogens is 2. The zero-order chi connectivity index (χ0) is 15.2. The molecule has 112 valence electrons. The third kappa shape index (κ3) is 4.26. The van der Waals surface area contributed by atoms with E-state index in [1.54, 1.807) is 0 Å². The van der Waals surface area contributed by atoms with Gasteiger partial charge in [0, 0.05) is 31.0 Å². The van der Waals surface area contributed by atoms with E-state index in [1.165, 1.54) is 5.56 Å². The van der Waals surface area contributed by atoms with Gasteiger partial charge in [-0.25, -0.2) is 4.98 Å². The molecule has 0 bridgehead atoms. The van der Waals surface area contributed by atoms with Crippen molar-refractivity contribution in [2.75, 3.05) is 11.4 Å². The molecule has 0 radical (unpaired) electrons. The van der Waals surface area contributed by atoms with Crippen LogP contribution in [0.1, 0.15) is 32.0 Å². The third-order valence-corrected chi connectivity index (χ3v) is 3.30. The highest BCUT2D eigenvalue weighted by molar-refractivity contribution is 5.59. The van der Waals surface area contributed by atoms with Crippen molar-refractivity contribution in [2.45, 2.75) is 40.3 Å². The van der Waals surface area contributed by atoms with E-state index >= 15 is 0 Å². The van der Waals surface area contributed by atoms with E-state index in [1.807, 2.05) is 12.4 Å². The summed E-state index contributed by atoms with van der Waals surface area (Å²) in [6.07, 6.45) is 3.64. The number of anilines is 2. The Labute approximate surface area is 127 Å². The average molecular weight is 284 g/mol. The molecule has 0 saturated carbocycles. The lowest BCUT2D eigenvalue weighted by molar-refractivity contribution is 0.580. The minimum atomic E-state index is 0.440. The Morgan fingerprint density at radius 3 is 2.48 bits per heavy atom. The Balaban J connectivity index is 2.21. The zero-order valence-corrected chi connectivity index (χ0v) is 13.3. The predicted octanol–water partition coefficient (Wildman–Crippen LogP) is 3.44. The minimum Gasteiger partial charge on any atom is -0.325 e. The molecule has 0 saturated heterocycles. The van der Waals surface area contributed by atoms with Gasteiger partial charge in [-0.1, -0.05) is 31.5 Å². The van der Waals surface area contributed by atoms with Gasteiger partial charge in [0.05, 0.1) is 11.9 Å². The van der Waals surface area contributed by atoms with E-state index in [2.05, 4.69) is 67.2 Å². The molecule has 0 aliphatic carbocycles. The van der Waals surface area contributed by atoms with E-state index in [4.69, 9.17) is 4.98 Å². The molecule has 2 rings (SSSR count). The highest BCUT2D eigenvalue weighted by Gasteiger charge is 2.10. The van der Waals surface area contributed by atoms with Crippen LogP contribution in [0.15, 0.2) is 36.7 Å². The van der Waals surface area contributed by atoms with Crippen LogP contribution in [0.5, 0.6) is 0 Å². The van der Waals surface area contributed by atoms with Gasteiger partial charge >= 0.3 is 0 Å². The summed E-state index contributed by atoms with van der Waals surface area (Å²) in [5, 5.41) is 3.37. The molecule has 1 aromatic carbocycles. The van der Waals surface area contributed by atoms with Crippen LogP contribution < -0.4 is 10.2 Å². The first-order valence-corrected chi connectivity index (χ1v) is 7.48. The van der Waals surface area contributed by atoms with Crippen LogP contribution >= 0.6 is 0 Å². The van der Waals surface area contributed by atoms with Gasteiger partial charge < -0.3 is 10.2 Å². The van der Waals surface area contributed by atoms with Crippen molar-refractivity contribution >= 4 is 11.5 Å². The molecule has 0 fully saturated rings. The van der Waals surface area contributed by atoms with Gasteiger partial charge in [-0.2, -0.15) is 0 Å². The zero-order valence-electron chi connectivity index (χ0n) is 13.3. The summed E-state index contributed by atoms with van der Waals surface area (Å²) in [5.74, 6) is 0.893. The van der Waals surface area contributed by atoms with Crippen LogP contribution in [0, 0.1) is 6.92 Å². The lowest BCUT2D eigenvalue weighted by atomic mass is 10.2. The SMILES string of the molecule is CCN(c1ccc(C)cc1)c1cncc(CNC(C)C)n1. The summed E-state index contributed by atoms with van der Waals surface area (Å²) in [6, 6.07) is 8.93. The van der Waals surface area contributed by atoms with Crippen molar-refractivity contribution in [2.24, 2.45) is 0 Å². The van der Waals surface area contributed by atoms with Crippen molar-refractivity contribution in [1.29, 1.82) is 0 Å². The molecule has 1 aromatic heterocycles. The Kier molecular flexibility index (Phi) is 5.28. The number of rotatable bonds is 6. The number of benzene rings is 1. The van der Waals surface area contributed by atoms with Gasteiger partial charge in [0.2, 0.25) is 0 Å². The van der Waals surface area contributed by atoms with Crippen molar-refractivity contribution < 1.29 is 0 Å². The normalized spacial score (nSPS) is 10.9. The number of hydrogen-bond acceptors (Lipinski definition) is 4. The number of nitrogens with one attached hydrogen (secondary N) is 1. The molecule has 0 unspecified atom stereocenters. The maximum absolute atomic E-state index is 4.72. The molecule has 1 heterocycles. The molecule has 2 aromatic rings. The van der Waals surface area contributed by atoms with Crippen molar-refractivity contribution in [3.63, 3.8) is 0 Å². The van der Waals surface area contributed by atoms with Crippen molar-refractivity contribution in [3.05, 3.63) is 47.9 Å². The van der Waals surface area contributed by atoms with Crippen LogP contribution in [0.2, 0.25) is 0 Å². The topological polar surface area (TPSA) is 41.1 Å². The number of aryl methyl sites for hydroxylation is 1. The van der Waals surface area contributed by atoms with Gasteiger partial charge in [-0.05, 0) is 26.0 Å². The van der Waals surface area contributed by atoms with Gasteiger partial charge in [0.25, 0.3) is 0 Å². The van der Waals surface area contributed by atoms with E-state index in [-0.39, 0.29) is 0 Å². The van der Waals surface area contributed by atoms with Crippen molar-refractivity contribution in [1.82, 2.24) is 15.3 Å². The second-order valence-corrected chi connectivity index (χ2v) is 5.48. The molecule has 0 atom stereocenters. The second kappa shape index (κ2) is 7.18. The molecule has 4 heteroatoms. The number of nitrogens with zero attached hydrogens (tertiary/aromatic N) is 3. The third-order valence-electron chi connectivity index (χ3n) is 3.30. The summed E-state index contributed by atoms with van der Waals surface area (Å²) in [7, 11) is 0. The highest BCUT2D eigenvalue weighted by atomic mass is 15.2. The maximum Gasteiger partial charge on any atom is 0.151 e. The Morgan fingerprint density at radius 1 is 1.14 bits per heavy atom. The molecule has 0 aliphatic rings. The van der Waals surface area contributed by atoms with E-state index < -0.39 is 0 Å². The highest BCUT2D eigenvalue weighted by Crippen LogP contribution is 2.23. The monoisotopic (exact) mass is 284 g/mol. The second-order valence-electron chi connectivity index (χ2n) is 5.48. The predicted molar refractivity (Wildman–Crippen MR) is 87.9 cm³/mol. The summed E-state index contributed by atoms with van der Waals surface area (Å²) < 4.78 is 0. The summed E-state index contributed by atoms with van der Waals surface area (Å²) in [6.45, 7) is 10.1. The molecule has 0 aliphatic heterocycles. The van der Waals surface area contributed by atoms with E-state index in [9.17, 15) is 0 Å². The molecule has 0 spiro atoms. The minimum absolute atomic E-state index is 0.440. The fourth-order valence-electron chi connectivity index (χ4n) is 2.12. The lowest BCUT2D eigenvalue weighted by Crippen LogP contribution is -2.23. The fourth-order valence-corrected chi connectivity index (χ4v) is 2.12. The Bertz CT molecular complexity index is 563. The molecular weight excluding hydrogens is 260 g/mol. The van der Waals surface area contributed by atoms with Gasteiger partial charge in [0.1, 0.15) is 0 Å². The maximum atomic E-state index is 4.72. The van der Waals surface area contributed by atoms with Crippen LogP contribution in [0.4, 0.5) is 11.5 Å². The lowest BCUT2D eigenvalue weighted by Gasteiger charge is -2.22. The van der Waals surface area contributed by atoms with E-state index in [0.717, 1.165) is 30.3 Å². The van der Waals surface area contributed by atoms with Crippen LogP contribution in [-0.4, -0.2) is 22.6 Å². The van der Waals surface area contributed by atoms with Crippen molar-refractivity contribution in [3.8, 4) is 0 Å². The summed E-state index contributed by atoms with van der Waals surface area (Å²) in [4.78, 5) is 11.2. The first-order valence-electron chi connectivity index (χ1n) is 7.48. The smallest absolute Gasteiger partial charge is 0.151 e. The largest absolute Gasteiger partial charge is 0.325 e. The average Bonchev–Trinajstić information content (AvgIpc) is 2.48. The molecule has 4 nitrogen and oxygen atoms in total. The van der Waals surface area contributed by atoms with Gasteiger partial charge in [-0.3, -0.25) is 4.98 Å². The van der Waals surface area contributed by atoms with E-state index in [0.29, 0.717) is 6.04 Å². The van der Waals surface area contributed by atoms with Crippen LogP contribution in [0.25, 0.3) is 0 Å². The number of hydrogen-bond donors (Lipinski definition) is 1. The van der Waals surface area contributed by atoms with Crippen LogP contribution in [0.3, 0.4) is 0 Å². The molecule has 0 amide bonds.